The van der Waals surface area contributed by atoms with Gasteiger partial charge in [-0.15, -0.1) is 0 Å². The SMILES string of the molecule is COCCOCCOCCOCCOCC(=O)NC[C@H](C)C(=O)ONC(=O)Cc1ccc(CCCCc2ccccc2)cc1. The number of carbonyl (C=O) groups excluding carboxylic acids is 3. The van der Waals surface area contributed by atoms with Crippen LogP contribution in [0, 0.1) is 5.92 Å². The van der Waals surface area contributed by atoms with E-state index in [0.29, 0.717) is 46.2 Å². The first-order valence-electron chi connectivity index (χ1n) is 15.2. The third kappa shape index (κ3) is 18.3. The van der Waals surface area contributed by atoms with Crippen molar-refractivity contribution in [3.05, 3.63) is 71.3 Å². The fraction of sp³-hybridized carbons (Fsp3) is 0.545. The molecule has 0 unspecified atom stereocenters. The van der Waals surface area contributed by atoms with Crippen molar-refractivity contribution >= 4 is 17.8 Å². The van der Waals surface area contributed by atoms with Crippen LogP contribution in [-0.4, -0.2) is 90.9 Å². The van der Waals surface area contributed by atoms with Crippen LogP contribution in [0.15, 0.2) is 54.6 Å². The molecule has 1 atom stereocenters. The quantitative estimate of drug-likeness (QED) is 0.135. The van der Waals surface area contributed by atoms with Crippen molar-refractivity contribution in [1.29, 1.82) is 0 Å². The maximum atomic E-state index is 12.2. The molecule has 2 amide bonds. The Morgan fingerprint density at radius 1 is 0.659 bits per heavy atom. The standard InChI is InChI=1S/C33H48N2O9/c1-27(25-34-32(37)26-43-23-22-42-21-20-41-19-18-40-17-16-39-2)33(38)44-35-31(36)24-30-14-12-29(13-15-30)11-7-6-10-28-8-4-3-5-9-28/h3-5,8-9,12-15,27H,6-7,10-11,16-26H2,1-2H3,(H,34,37)(H,35,36)/t27-/m0/s1. The summed E-state index contributed by atoms with van der Waals surface area (Å²) in [4.78, 5) is 41.3. The average Bonchev–Trinajstić information content (AvgIpc) is 3.04. The first kappa shape index (κ1) is 36.8. The first-order chi connectivity index (χ1) is 21.5. The number of hydrogen-bond acceptors (Lipinski definition) is 9. The van der Waals surface area contributed by atoms with Crippen LogP contribution in [0.5, 0.6) is 0 Å². The Kier molecular flexibility index (Phi) is 20.1. The summed E-state index contributed by atoms with van der Waals surface area (Å²) in [6.45, 7) is 4.96. The number of amides is 2. The fourth-order valence-electron chi connectivity index (χ4n) is 3.92. The zero-order chi connectivity index (χ0) is 31.7. The lowest BCUT2D eigenvalue weighted by Gasteiger charge is -2.13. The Morgan fingerprint density at radius 2 is 1.18 bits per heavy atom. The number of methoxy groups -OCH3 is 1. The highest BCUT2D eigenvalue weighted by atomic mass is 16.7. The number of hydroxylamine groups is 1. The van der Waals surface area contributed by atoms with Crippen molar-refractivity contribution in [2.45, 2.75) is 39.0 Å². The topological polar surface area (TPSA) is 131 Å². The van der Waals surface area contributed by atoms with Crippen LogP contribution < -0.4 is 10.8 Å². The van der Waals surface area contributed by atoms with Gasteiger partial charge in [-0.1, -0.05) is 61.5 Å². The molecule has 0 aromatic heterocycles. The van der Waals surface area contributed by atoms with E-state index in [1.807, 2.05) is 30.3 Å². The maximum Gasteiger partial charge on any atom is 0.336 e. The lowest BCUT2D eigenvalue weighted by Crippen LogP contribution is -2.37. The molecule has 2 aromatic rings. The van der Waals surface area contributed by atoms with Gasteiger partial charge in [-0.05, 0) is 42.4 Å². The van der Waals surface area contributed by atoms with E-state index in [0.717, 1.165) is 31.2 Å². The van der Waals surface area contributed by atoms with Crippen LogP contribution in [0.4, 0.5) is 0 Å². The zero-order valence-corrected chi connectivity index (χ0v) is 26.1. The van der Waals surface area contributed by atoms with E-state index in [2.05, 4.69) is 35.1 Å². The van der Waals surface area contributed by atoms with Gasteiger partial charge in [0.25, 0.3) is 5.91 Å². The van der Waals surface area contributed by atoms with Gasteiger partial charge >= 0.3 is 5.97 Å². The summed E-state index contributed by atoms with van der Waals surface area (Å²) < 4.78 is 26.2. The van der Waals surface area contributed by atoms with Crippen molar-refractivity contribution in [2.75, 3.05) is 73.1 Å². The second-order valence-electron chi connectivity index (χ2n) is 10.2. The largest absolute Gasteiger partial charge is 0.382 e. The molecule has 0 bridgehead atoms. The van der Waals surface area contributed by atoms with Crippen LogP contribution in [-0.2, 0) is 62.2 Å². The molecule has 2 rings (SSSR count). The maximum absolute atomic E-state index is 12.2. The molecule has 0 aliphatic rings. The van der Waals surface area contributed by atoms with E-state index < -0.39 is 17.8 Å². The summed E-state index contributed by atoms with van der Waals surface area (Å²) in [6.07, 6.45) is 4.35. The molecule has 0 saturated heterocycles. The van der Waals surface area contributed by atoms with Crippen molar-refractivity contribution in [3.8, 4) is 0 Å². The zero-order valence-electron chi connectivity index (χ0n) is 26.1. The third-order valence-corrected chi connectivity index (χ3v) is 6.47. The molecule has 0 aliphatic carbocycles. The Labute approximate surface area is 260 Å². The average molecular weight is 617 g/mol. The van der Waals surface area contributed by atoms with E-state index in [1.165, 1.54) is 11.1 Å². The molecular weight excluding hydrogens is 568 g/mol. The number of hydrogen-bond donors (Lipinski definition) is 2. The highest BCUT2D eigenvalue weighted by Crippen LogP contribution is 2.11. The van der Waals surface area contributed by atoms with E-state index in [-0.39, 0.29) is 32.1 Å². The Hall–Kier alpha value is -3.35. The van der Waals surface area contributed by atoms with Gasteiger partial charge in [0.2, 0.25) is 5.91 Å². The van der Waals surface area contributed by atoms with Gasteiger partial charge in [0, 0.05) is 13.7 Å². The van der Waals surface area contributed by atoms with E-state index in [1.54, 1.807) is 14.0 Å². The number of nitrogens with one attached hydrogen (secondary N) is 2. The number of ether oxygens (including phenoxy) is 5. The van der Waals surface area contributed by atoms with Gasteiger partial charge in [0.05, 0.1) is 65.2 Å². The van der Waals surface area contributed by atoms with Crippen molar-refractivity contribution < 1.29 is 42.9 Å². The van der Waals surface area contributed by atoms with Crippen LogP contribution >= 0.6 is 0 Å². The second kappa shape index (κ2) is 24.0. The molecule has 11 nitrogen and oxygen atoms in total. The van der Waals surface area contributed by atoms with E-state index in [9.17, 15) is 14.4 Å². The molecule has 0 fully saturated rings. The van der Waals surface area contributed by atoms with Gasteiger partial charge in [-0.2, -0.15) is 5.48 Å². The molecule has 0 heterocycles. The summed E-state index contributed by atoms with van der Waals surface area (Å²) in [6, 6.07) is 18.3. The van der Waals surface area contributed by atoms with Gasteiger partial charge in [-0.25, -0.2) is 4.79 Å². The predicted octanol–water partition coefficient (Wildman–Crippen LogP) is 2.83. The molecule has 0 aliphatic heterocycles. The molecule has 0 spiro atoms. The highest BCUT2D eigenvalue weighted by Gasteiger charge is 2.17. The third-order valence-electron chi connectivity index (χ3n) is 6.47. The van der Waals surface area contributed by atoms with E-state index >= 15 is 0 Å². The lowest BCUT2D eigenvalue weighted by molar-refractivity contribution is -0.161. The number of unbranched alkanes of at least 4 members (excludes halogenated alkanes) is 1. The molecule has 2 N–H and O–H groups in total. The van der Waals surface area contributed by atoms with E-state index in [4.69, 9.17) is 28.5 Å². The monoisotopic (exact) mass is 616 g/mol. The summed E-state index contributed by atoms with van der Waals surface area (Å²) in [5.74, 6) is -2.11. The van der Waals surface area contributed by atoms with Crippen LogP contribution in [0.3, 0.4) is 0 Å². The minimum atomic E-state index is -0.658. The molecule has 44 heavy (non-hydrogen) atoms. The lowest BCUT2D eigenvalue weighted by atomic mass is 10.0. The Morgan fingerprint density at radius 3 is 1.77 bits per heavy atom. The number of aryl methyl sites for hydroxylation is 2. The number of carbonyl (C=O) groups is 3. The molecule has 0 radical (unpaired) electrons. The van der Waals surface area contributed by atoms with Crippen molar-refractivity contribution in [2.24, 2.45) is 5.92 Å². The Bertz CT molecular complexity index is 1050. The normalized spacial score (nSPS) is 11.6. The summed E-state index contributed by atoms with van der Waals surface area (Å²) in [7, 11) is 1.62. The number of rotatable bonds is 24. The molecule has 2 aromatic carbocycles. The van der Waals surface area contributed by atoms with Gasteiger partial charge in [-0.3, -0.25) is 9.59 Å². The minimum Gasteiger partial charge on any atom is -0.382 e. The van der Waals surface area contributed by atoms with Crippen LogP contribution in [0.25, 0.3) is 0 Å². The second-order valence-corrected chi connectivity index (χ2v) is 10.2. The smallest absolute Gasteiger partial charge is 0.336 e. The van der Waals surface area contributed by atoms with Crippen molar-refractivity contribution in [1.82, 2.24) is 10.8 Å². The molecule has 11 heteroatoms. The molecule has 0 saturated carbocycles. The predicted molar refractivity (Wildman–Crippen MR) is 165 cm³/mol. The summed E-state index contributed by atoms with van der Waals surface area (Å²) in [5.41, 5.74) is 5.59. The Balaban J connectivity index is 1.45. The van der Waals surface area contributed by atoms with Crippen molar-refractivity contribution in [3.63, 3.8) is 0 Å². The summed E-state index contributed by atoms with van der Waals surface area (Å²) in [5, 5.41) is 2.61. The van der Waals surface area contributed by atoms with Crippen LogP contribution in [0.2, 0.25) is 0 Å². The molecular formula is C33H48N2O9. The number of benzene rings is 2. The minimum absolute atomic E-state index is 0.0483. The first-order valence-corrected chi connectivity index (χ1v) is 15.2. The molecule has 244 valence electrons. The highest BCUT2D eigenvalue weighted by molar-refractivity contribution is 5.81. The van der Waals surface area contributed by atoms with Gasteiger partial charge in [0.1, 0.15) is 6.61 Å². The summed E-state index contributed by atoms with van der Waals surface area (Å²) >= 11 is 0. The van der Waals surface area contributed by atoms with Gasteiger partial charge in [0.15, 0.2) is 0 Å². The van der Waals surface area contributed by atoms with Crippen LogP contribution in [0.1, 0.15) is 36.5 Å². The van der Waals surface area contributed by atoms with Gasteiger partial charge < -0.3 is 33.8 Å². The fourth-order valence-corrected chi connectivity index (χ4v) is 3.92.